The number of phenolic OH excluding ortho intramolecular Hbond substituents is 1. The Morgan fingerprint density at radius 1 is 0.962 bits per heavy atom. The maximum absolute atomic E-state index is 15.3. The summed E-state index contributed by atoms with van der Waals surface area (Å²) < 4.78 is 40.4. The third-order valence-corrected chi connectivity index (χ3v) is 11.9. The van der Waals surface area contributed by atoms with E-state index in [1.165, 1.54) is 4.90 Å². The molecule has 2 saturated heterocycles. The molecule has 8 rings (SSSR count). The standard InChI is InChI=1S/C39H31Cl2F3N4O5/c1-2-15-47-34(50)25-14-13-24-27(30(25)36(47)52)17-28-35(51)48(46-33-29(41)16-21(18-45-33)39(42,43)44)37(53)38(28,20-8-10-22(40)11-9-20)31(24)26-12-7-19-5-3-4-6-23(19)32(26)49/h3-13,16,18,25,27-28,30-31,49H,2,14-15,17H2,1H3,(H,45,46). The van der Waals surface area contributed by atoms with Gasteiger partial charge < -0.3 is 5.11 Å². The van der Waals surface area contributed by atoms with Gasteiger partial charge in [0.25, 0.3) is 11.8 Å². The smallest absolute Gasteiger partial charge is 0.417 e. The van der Waals surface area contributed by atoms with E-state index in [0.29, 0.717) is 45.8 Å². The van der Waals surface area contributed by atoms with Crippen molar-refractivity contribution in [3.05, 3.63) is 111 Å². The summed E-state index contributed by atoms with van der Waals surface area (Å²) in [6.45, 7) is 2.11. The van der Waals surface area contributed by atoms with Crippen molar-refractivity contribution in [3.63, 3.8) is 0 Å². The van der Waals surface area contributed by atoms with Crippen molar-refractivity contribution in [1.82, 2.24) is 14.9 Å². The van der Waals surface area contributed by atoms with Gasteiger partial charge in [0.05, 0.1) is 33.8 Å². The minimum atomic E-state index is -4.75. The molecule has 1 aromatic heterocycles. The number of anilines is 1. The quantitative estimate of drug-likeness (QED) is 0.153. The zero-order chi connectivity index (χ0) is 37.6. The Kier molecular flexibility index (Phi) is 8.34. The highest BCUT2D eigenvalue weighted by atomic mass is 35.5. The molecule has 1 saturated carbocycles. The molecule has 14 heteroatoms. The normalized spacial score (nSPS) is 26.8. The summed E-state index contributed by atoms with van der Waals surface area (Å²) >= 11 is 12.6. The molecule has 2 N–H and O–H groups in total. The molecule has 0 bridgehead atoms. The summed E-state index contributed by atoms with van der Waals surface area (Å²) in [4.78, 5) is 62.9. The Hall–Kier alpha value is -4.94. The van der Waals surface area contributed by atoms with E-state index < -0.39 is 63.6 Å². The van der Waals surface area contributed by atoms with Gasteiger partial charge in [-0.15, -0.1) is 0 Å². The van der Waals surface area contributed by atoms with Gasteiger partial charge in [-0.2, -0.15) is 18.2 Å². The fraction of sp³-hybridized carbons (Fsp3) is 0.308. The third-order valence-electron chi connectivity index (χ3n) is 11.3. The van der Waals surface area contributed by atoms with Crippen molar-refractivity contribution in [1.29, 1.82) is 0 Å². The lowest BCUT2D eigenvalue weighted by molar-refractivity contribution is -0.141. The van der Waals surface area contributed by atoms with Crippen molar-refractivity contribution < 1.29 is 37.5 Å². The number of phenols is 1. The number of nitrogens with zero attached hydrogens (tertiary/aromatic N) is 3. The first kappa shape index (κ1) is 35.1. The number of likely N-dealkylation sites (tertiary alicyclic amines) is 1. The summed E-state index contributed by atoms with van der Waals surface area (Å²) in [6.07, 6.45) is -1.57. The van der Waals surface area contributed by atoms with Gasteiger partial charge in [-0.25, -0.2) is 4.98 Å². The predicted molar refractivity (Wildman–Crippen MR) is 189 cm³/mol. The molecule has 4 amide bonds. The first-order chi connectivity index (χ1) is 25.3. The van der Waals surface area contributed by atoms with Gasteiger partial charge in [-0.05, 0) is 54.3 Å². The van der Waals surface area contributed by atoms with E-state index in [4.69, 9.17) is 23.2 Å². The zero-order valence-electron chi connectivity index (χ0n) is 28.0. The maximum Gasteiger partial charge on any atom is 0.417 e. The number of carbonyl (C=O) groups is 4. The molecule has 3 aromatic carbocycles. The Labute approximate surface area is 311 Å². The van der Waals surface area contributed by atoms with Gasteiger partial charge in [0, 0.05) is 34.6 Å². The van der Waals surface area contributed by atoms with Gasteiger partial charge in [0.1, 0.15) is 5.75 Å². The number of hydrogen-bond donors (Lipinski definition) is 2. The molecular formula is C39H31Cl2F3N4O5. The van der Waals surface area contributed by atoms with Crippen molar-refractivity contribution >= 4 is 63.4 Å². The molecule has 3 heterocycles. The van der Waals surface area contributed by atoms with Gasteiger partial charge in [-0.1, -0.05) is 90.3 Å². The molecule has 9 nitrogen and oxygen atoms in total. The number of allylic oxidation sites excluding steroid dienone is 2. The number of alkyl halides is 3. The average molecular weight is 764 g/mol. The topological polar surface area (TPSA) is 120 Å². The minimum absolute atomic E-state index is 0.0175. The molecule has 2 aliphatic heterocycles. The number of fused-ring (bicyclic) bond motifs is 5. The highest BCUT2D eigenvalue weighted by Gasteiger charge is 2.70. The number of aromatic hydroxyl groups is 1. The molecule has 2 aliphatic carbocycles. The fourth-order valence-corrected chi connectivity index (χ4v) is 9.48. The SMILES string of the molecule is CCCN1C(=O)C2CC=C3C(CC4C(=O)N(Nc5ncc(C(F)(F)F)cc5Cl)C(=O)C4(c4ccc(Cl)cc4)C3c3ccc4ccccc4c3O)C2C1=O. The molecule has 6 atom stereocenters. The molecule has 0 spiro atoms. The highest BCUT2D eigenvalue weighted by molar-refractivity contribution is 6.33. The summed E-state index contributed by atoms with van der Waals surface area (Å²) in [5.74, 6) is -6.97. The predicted octanol–water partition coefficient (Wildman–Crippen LogP) is 7.66. The molecule has 53 heavy (non-hydrogen) atoms. The van der Waals surface area contributed by atoms with Crippen molar-refractivity contribution in [2.24, 2.45) is 23.7 Å². The van der Waals surface area contributed by atoms with Crippen LogP contribution in [0.5, 0.6) is 5.75 Å². The number of rotatable bonds is 6. The number of benzene rings is 3. The first-order valence-electron chi connectivity index (χ1n) is 17.2. The number of hydrazine groups is 1. The Bertz CT molecular complexity index is 2260. The van der Waals surface area contributed by atoms with Crippen LogP contribution >= 0.6 is 23.2 Å². The zero-order valence-corrected chi connectivity index (χ0v) is 29.5. The van der Waals surface area contributed by atoms with E-state index in [-0.39, 0.29) is 42.8 Å². The maximum atomic E-state index is 15.3. The van der Waals surface area contributed by atoms with Gasteiger partial charge >= 0.3 is 6.18 Å². The van der Waals surface area contributed by atoms with Crippen LogP contribution in [0.4, 0.5) is 19.0 Å². The van der Waals surface area contributed by atoms with Crippen molar-refractivity contribution in [2.75, 3.05) is 12.0 Å². The Balaban J connectivity index is 1.36. The third kappa shape index (κ3) is 5.16. The van der Waals surface area contributed by atoms with Crippen LogP contribution in [0.15, 0.2) is 84.6 Å². The number of amides is 4. The van der Waals surface area contributed by atoms with E-state index in [9.17, 15) is 32.7 Å². The number of hydrogen-bond acceptors (Lipinski definition) is 7. The molecule has 6 unspecified atom stereocenters. The number of carbonyl (C=O) groups excluding carboxylic acids is 4. The molecular weight excluding hydrogens is 732 g/mol. The second-order valence-electron chi connectivity index (χ2n) is 14.0. The van der Waals surface area contributed by atoms with Gasteiger partial charge in [0.15, 0.2) is 5.82 Å². The summed E-state index contributed by atoms with van der Waals surface area (Å²) in [7, 11) is 0. The molecule has 4 aromatic rings. The van der Waals surface area contributed by atoms with Crippen LogP contribution in [0.3, 0.4) is 0 Å². The summed E-state index contributed by atoms with van der Waals surface area (Å²) in [5.41, 5.74) is 1.08. The van der Waals surface area contributed by atoms with Gasteiger partial charge in [-0.3, -0.25) is 29.5 Å². The van der Waals surface area contributed by atoms with Crippen LogP contribution in [-0.4, -0.2) is 50.2 Å². The molecule has 4 aliphatic rings. The second-order valence-corrected chi connectivity index (χ2v) is 14.8. The van der Waals surface area contributed by atoms with Crippen LogP contribution in [-0.2, 0) is 30.8 Å². The van der Waals surface area contributed by atoms with Crippen LogP contribution in [0.25, 0.3) is 10.8 Å². The number of halogens is 5. The van der Waals surface area contributed by atoms with Crippen molar-refractivity contribution in [3.8, 4) is 5.75 Å². The van der Waals surface area contributed by atoms with Crippen LogP contribution in [0.2, 0.25) is 10.0 Å². The molecule has 3 fully saturated rings. The van der Waals surface area contributed by atoms with E-state index in [2.05, 4.69) is 10.4 Å². The Morgan fingerprint density at radius 2 is 1.70 bits per heavy atom. The number of aromatic nitrogens is 1. The lowest BCUT2D eigenvalue weighted by Crippen LogP contribution is -2.53. The number of nitrogens with one attached hydrogen (secondary N) is 1. The molecule has 272 valence electrons. The van der Waals surface area contributed by atoms with Crippen LogP contribution < -0.4 is 5.43 Å². The molecule has 0 radical (unpaired) electrons. The first-order valence-corrected chi connectivity index (χ1v) is 17.9. The van der Waals surface area contributed by atoms with Crippen LogP contribution in [0, 0.1) is 23.7 Å². The van der Waals surface area contributed by atoms with E-state index in [1.54, 1.807) is 48.5 Å². The van der Waals surface area contributed by atoms with E-state index in [1.807, 2.05) is 25.1 Å². The average Bonchev–Trinajstić information content (AvgIpc) is 3.50. The second kappa shape index (κ2) is 12.6. The fourth-order valence-electron chi connectivity index (χ4n) is 9.14. The Morgan fingerprint density at radius 3 is 2.40 bits per heavy atom. The van der Waals surface area contributed by atoms with E-state index in [0.717, 1.165) is 10.4 Å². The summed E-state index contributed by atoms with van der Waals surface area (Å²) in [6, 6.07) is 17.7. The number of imide groups is 2. The highest BCUT2D eigenvalue weighted by Crippen LogP contribution is 2.65. The monoisotopic (exact) mass is 762 g/mol. The van der Waals surface area contributed by atoms with Crippen molar-refractivity contribution in [2.45, 2.75) is 43.7 Å². The lowest BCUT2D eigenvalue weighted by Gasteiger charge is -2.50. The van der Waals surface area contributed by atoms with Gasteiger partial charge in [0.2, 0.25) is 11.8 Å². The largest absolute Gasteiger partial charge is 0.507 e. The minimum Gasteiger partial charge on any atom is -0.507 e. The van der Waals surface area contributed by atoms with E-state index >= 15 is 4.79 Å². The number of pyridine rings is 1. The lowest BCUT2D eigenvalue weighted by atomic mass is 9.49. The van der Waals surface area contributed by atoms with Crippen LogP contribution in [0.1, 0.15) is 48.8 Å². The summed E-state index contributed by atoms with van der Waals surface area (Å²) in [5, 5.41) is 13.9.